The van der Waals surface area contributed by atoms with Crippen molar-refractivity contribution >= 4 is 5.91 Å². The van der Waals surface area contributed by atoms with Crippen molar-refractivity contribution < 1.29 is 14.6 Å². The third-order valence-corrected chi connectivity index (χ3v) is 11.7. The molecule has 2 aromatic carbocycles. The molecule has 246 valence electrons. The molecule has 2 saturated carbocycles. The van der Waals surface area contributed by atoms with Crippen molar-refractivity contribution in [2.45, 2.75) is 117 Å². The van der Waals surface area contributed by atoms with E-state index in [0.29, 0.717) is 53.3 Å². The molecule has 6 atom stereocenters. The lowest BCUT2D eigenvalue weighted by Crippen LogP contribution is -2.49. The fourth-order valence-corrected chi connectivity index (χ4v) is 9.57. The number of allylic oxidation sites excluding steroid dienone is 1. The second kappa shape index (κ2) is 15.2. The number of phenolic OH excluding ortho intramolecular Hbond substituents is 1. The summed E-state index contributed by atoms with van der Waals surface area (Å²) in [6.07, 6.45) is 17.3. The molecule has 3 aliphatic carbocycles. The van der Waals surface area contributed by atoms with E-state index in [0.717, 1.165) is 44.2 Å². The Hall–Kier alpha value is -2.75. The Morgan fingerprint density at radius 3 is 2.60 bits per heavy atom. The monoisotopic (exact) mass is 613 g/mol. The first-order valence-corrected chi connectivity index (χ1v) is 18.1. The Bertz CT molecular complexity index is 1270. The molecule has 4 unspecified atom stereocenters. The first-order chi connectivity index (χ1) is 21.7. The van der Waals surface area contributed by atoms with Crippen LogP contribution in [-0.4, -0.2) is 29.5 Å². The van der Waals surface area contributed by atoms with Gasteiger partial charge in [-0.1, -0.05) is 89.3 Å². The Morgan fingerprint density at radius 1 is 1.09 bits per heavy atom. The van der Waals surface area contributed by atoms with Gasteiger partial charge < -0.3 is 14.7 Å². The summed E-state index contributed by atoms with van der Waals surface area (Å²) in [5.41, 5.74) is 4.07. The summed E-state index contributed by atoms with van der Waals surface area (Å²) in [6.45, 7) is 12.1. The minimum absolute atomic E-state index is 0.0352. The molecular formula is C41H59NO3. The number of ether oxygens (including phenoxy) is 1. The van der Waals surface area contributed by atoms with Crippen LogP contribution in [0.25, 0.3) is 0 Å². The molecule has 0 heterocycles. The number of nitrogens with zero attached hydrogens (tertiary/aromatic N) is 1. The van der Waals surface area contributed by atoms with Crippen molar-refractivity contribution in [3.8, 4) is 11.5 Å². The number of phenols is 1. The van der Waals surface area contributed by atoms with Crippen LogP contribution in [0.2, 0.25) is 0 Å². The highest BCUT2D eigenvalue weighted by atomic mass is 16.5. The molecule has 3 aliphatic rings. The van der Waals surface area contributed by atoms with Crippen LogP contribution in [0, 0.1) is 35.0 Å². The highest BCUT2D eigenvalue weighted by Crippen LogP contribution is 2.63. The zero-order chi connectivity index (χ0) is 32.0. The van der Waals surface area contributed by atoms with Gasteiger partial charge in [-0.25, -0.2) is 0 Å². The van der Waals surface area contributed by atoms with Crippen LogP contribution >= 0.6 is 0 Å². The zero-order valence-corrected chi connectivity index (χ0v) is 28.6. The summed E-state index contributed by atoms with van der Waals surface area (Å²) in [7, 11) is 2.03. The van der Waals surface area contributed by atoms with Crippen LogP contribution in [0.4, 0.5) is 0 Å². The third-order valence-electron chi connectivity index (χ3n) is 11.7. The topological polar surface area (TPSA) is 49.8 Å². The summed E-state index contributed by atoms with van der Waals surface area (Å²) >= 11 is 0. The number of hydrogen-bond acceptors (Lipinski definition) is 3. The molecule has 0 spiro atoms. The number of carbonyl (C=O) groups excluding carboxylic acids is 1. The molecule has 1 amide bonds. The molecule has 5 rings (SSSR count). The van der Waals surface area contributed by atoms with Crippen LogP contribution in [0.3, 0.4) is 0 Å². The van der Waals surface area contributed by atoms with Crippen molar-refractivity contribution in [1.82, 2.24) is 4.90 Å². The van der Waals surface area contributed by atoms with Gasteiger partial charge >= 0.3 is 0 Å². The molecule has 4 nitrogen and oxygen atoms in total. The van der Waals surface area contributed by atoms with Crippen LogP contribution < -0.4 is 4.74 Å². The average Bonchev–Trinajstić information content (AvgIpc) is 3.43. The predicted octanol–water partition coefficient (Wildman–Crippen LogP) is 10.1. The van der Waals surface area contributed by atoms with Gasteiger partial charge in [0, 0.05) is 19.5 Å². The Labute approximate surface area is 273 Å². The lowest BCUT2D eigenvalue weighted by Gasteiger charge is -2.54. The second-order valence-electron chi connectivity index (χ2n) is 15.4. The molecule has 0 aromatic heterocycles. The van der Waals surface area contributed by atoms with E-state index < -0.39 is 0 Å². The van der Waals surface area contributed by atoms with Crippen molar-refractivity contribution in [1.29, 1.82) is 0 Å². The minimum Gasteiger partial charge on any atom is -0.504 e. The number of benzene rings is 2. The quantitative estimate of drug-likeness (QED) is 0.161. The van der Waals surface area contributed by atoms with E-state index in [1.165, 1.54) is 62.5 Å². The lowest BCUT2D eigenvalue weighted by atomic mass is 9.51. The molecule has 0 radical (unpaired) electrons. The standard InChI is InChI=1S/C41H59NO3/c1-6-7-8-9-10-11-15-19-33(40(44)42(5)27-29(2)3)35-24-31-25-38(45-28-30-17-13-12-14-18-30)37(43)26-34(31)32-21-23-41(4)22-16-20-36(41)39(32)35/h6,12-14,17-18,25-26,29,32-33,35-36,39,43H,1,7-11,15-16,19-24,27-28H2,2-5H3/t32?,33?,35-,36?,39?,41+/m1/s1. The Morgan fingerprint density at radius 2 is 1.84 bits per heavy atom. The number of rotatable bonds is 15. The summed E-state index contributed by atoms with van der Waals surface area (Å²) in [6, 6.07) is 14.3. The smallest absolute Gasteiger partial charge is 0.225 e. The molecule has 0 aliphatic heterocycles. The number of aromatic hydroxyl groups is 1. The highest BCUT2D eigenvalue weighted by Gasteiger charge is 2.55. The highest BCUT2D eigenvalue weighted by molar-refractivity contribution is 5.79. The van der Waals surface area contributed by atoms with Gasteiger partial charge in [0.1, 0.15) is 6.61 Å². The van der Waals surface area contributed by atoms with Crippen molar-refractivity contribution in [3.63, 3.8) is 0 Å². The summed E-state index contributed by atoms with van der Waals surface area (Å²) in [4.78, 5) is 16.5. The number of unbranched alkanes of at least 4 members (excludes halogenated alkanes) is 5. The summed E-state index contributed by atoms with van der Waals surface area (Å²) in [5, 5.41) is 11.2. The number of hydrogen-bond donors (Lipinski definition) is 1. The van der Waals surface area contributed by atoms with Crippen molar-refractivity contribution in [3.05, 3.63) is 71.8 Å². The molecule has 0 saturated heterocycles. The van der Waals surface area contributed by atoms with E-state index in [-0.39, 0.29) is 11.7 Å². The van der Waals surface area contributed by atoms with Gasteiger partial charge in [-0.2, -0.15) is 0 Å². The van der Waals surface area contributed by atoms with Crippen LogP contribution in [0.1, 0.15) is 120 Å². The van der Waals surface area contributed by atoms with E-state index >= 15 is 0 Å². The third kappa shape index (κ3) is 7.80. The maximum atomic E-state index is 14.5. The second-order valence-corrected chi connectivity index (χ2v) is 15.4. The molecule has 0 bridgehead atoms. The lowest BCUT2D eigenvalue weighted by molar-refractivity contribution is -0.139. The SMILES string of the molecule is C=CCCCCCCCC(C(=O)N(C)CC(C)C)[C@H]1Cc2cc(OCc3ccccc3)c(O)cc2C2CC[C@]3(C)CCCC3C21. The van der Waals surface area contributed by atoms with E-state index in [4.69, 9.17) is 4.74 Å². The van der Waals surface area contributed by atoms with Gasteiger partial charge in [0.05, 0.1) is 0 Å². The average molecular weight is 614 g/mol. The van der Waals surface area contributed by atoms with E-state index in [2.05, 4.69) is 45.5 Å². The minimum atomic E-state index is 0.0352. The molecule has 2 aromatic rings. The first-order valence-electron chi connectivity index (χ1n) is 18.1. The molecule has 45 heavy (non-hydrogen) atoms. The number of fused-ring (bicyclic) bond motifs is 5. The van der Waals surface area contributed by atoms with Gasteiger partial charge in [0.25, 0.3) is 0 Å². The van der Waals surface area contributed by atoms with Gasteiger partial charge in [-0.15, -0.1) is 6.58 Å². The van der Waals surface area contributed by atoms with E-state index in [9.17, 15) is 9.90 Å². The van der Waals surface area contributed by atoms with Crippen LogP contribution in [0.5, 0.6) is 11.5 Å². The Kier molecular flexibility index (Phi) is 11.4. The molecular weight excluding hydrogens is 554 g/mol. The van der Waals surface area contributed by atoms with E-state index in [1.807, 2.05) is 42.3 Å². The maximum Gasteiger partial charge on any atom is 0.225 e. The summed E-state index contributed by atoms with van der Waals surface area (Å²) in [5.74, 6) is 3.51. The van der Waals surface area contributed by atoms with Gasteiger partial charge in [0.2, 0.25) is 5.91 Å². The summed E-state index contributed by atoms with van der Waals surface area (Å²) < 4.78 is 6.22. The largest absolute Gasteiger partial charge is 0.504 e. The van der Waals surface area contributed by atoms with Gasteiger partial charge in [0.15, 0.2) is 11.5 Å². The van der Waals surface area contributed by atoms with Crippen molar-refractivity contribution in [2.24, 2.45) is 35.0 Å². The molecule has 1 N–H and O–H groups in total. The van der Waals surface area contributed by atoms with Crippen LogP contribution in [-0.2, 0) is 17.8 Å². The normalized spacial score (nSPS) is 26.1. The molecule has 4 heteroatoms. The maximum absolute atomic E-state index is 14.5. The Balaban J connectivity index is 1.46. The first kappa shape index (κ1) is 33.6. The predicted molar refractivity (Wildman–Crippen MR) is 185 cm³/mol. The number of amides is 1. The fourth-order valence-electron chi connectivity index (χ4n) is 9.57. The fraction of sp³-hybridized carbons (Fsp3) is 0.634. The van der Waals surface area contributed by atoms with Crippen LogP contribution in [0.15, 0.2) is 55.1 Å². The van der Waals surface area contributed by atoms with Gasteiger partial charge in [-0.3, -0.25) is 4.79 Å². The number of carbonyl (C=O) groups is 1. The van der Waals surface area contributed by atoms with Gasteiger partial charge in [-0.05, 0) is 115 Å². The zero-order valence-electron chi connectivity index (χ0n) is 28.6. The van der Waals surface area contributed by atoms with E-state index in [1.54, 1.807) is 0 Å². The molecule has 2 fully saturated rings. The van der Waals surface area contributed by atoms with Crippen molar-refractivity contribution in [2.75, 3.05) is 13.6 Å².